The number of fused-ring (bicyclic) bond motifs is 2. The lowest BCUT2D eigenvalue weighted by Crippen LogP contribution is -2.31. The van der Waals surface area contributed by atoms with Crippen LogP contribution in [0.3, 0.4) is 0 Å². The zero-order chi connectivity index (χ0) is 24.7. The molecule has 180 valence electrons. The van der Waals surface area contributed by atoms with Crippen LogP contribution in [0.15, 0.2) is 60.8 Å². The number of cyclic esters (lactones) is 1. The van der Waals surface area contributed by atoms with Gasteiger partial charge in [0, 0.05) is 71.4 Å². The molecule has 1 aliphatic rings. The van der Waals surface area contributed by atoms with Crippen LogP contribution in [-0.4, -0.2) is 35.2 Å². The van der Waals surface area contributed by atoms with Crippen molar-refractivity contribution in [2.45, 2.75) is 33.3 Å². The van der Waals surface area contributed by atoms with E-state index in [0.717, 1.165) is 52.1 Å². The van der Waals surface area contributed by atoms with E-state index < -0.39 is 11.6 Å². The molecule has 0 amide bonds. The fourth-order valence-electron chi connectivity index (χ4n) is 5.44. The van der Waals surface area contributed by atoms with Gasteiger partial charge in [-0.25, -0.2) is 9.78 Å². The van der Waals surface area contributed by atoms with Gasteiger partial charge in [-0.05, 0) is 52.0 Å². The quantitative estimate of drug-likeness (QED) is 0.330. The Labute approximate surface area is 206 Å². The smallest absolute Gasteiger partial charge is 0.358 e. The van der Waals surface area contributed by atoms with Gasteiger partial charge >= 0.3 is 5.97 Å². The molecule has 1 aliphatic heterocycles. The molecule has 4 aromatic rings. The average Bonchev–Trinajstić information content (AvgIpc) is 3.31. The molecular weight excluding hydrogens is 438 g/mol. The number of aromatic nitrogens is 2. The van der Waals surface area contributed by atoms with E-state index in [4.69, 9.17) is 9.47 Å². The van der Waals surface area contributed by atoms with E-state index in [9.17, 15) is 4.79 Å². The molecule has 35 heavy (non-hydrogen) atoms. The number of anilines is 1. The van der Waals surface area contributed by atoms with Gasteiger partial charge in [0.2, 0.25) is 0 Å². The topological polar surface area (TPSA) is 56.6 Å². The van der Waals surface area contributed by atoms with Crippen LogP contribution in [0.25, 0.3) is 10.9 Å². The zero-order valence-electron chi connectivity index (χ0n) is 21.0. The minimum Gasteiger partial charge on any atom is -0.493 e. The molecule has 5 rings (SSSR count). The number of para-hydroxylation sites is 1. The summed E-state index contributed by atoms with van der Waals surface area (Å²) >= 11 is 0. The molecule has 2 aromatic heterocycles. The molecule has 0 saturated heterocycles. The number of esters is 1. The van der Waals surface area contributed by atoms with Crippen molar-refractivity contribution < 1.29 is 14.3 Å². The highest BCUT2D eigenvalue weighted by Crippen LogP contribution is 2.53. The zero-order valence-corrected chi connectivity index (χ0v) is 21.0. The lowest BCUT2D eigenvalue weighted by molar-refractivity contribution is 0.0243. The predicted molar refractivity (Wildman–Crippen MR) is 138 cm³/mol. The molecule has 0 bridgehead atoms. The number of hydrogen-bond acceptors (Lipinski definition) is 5. The van der Waals surface area contributed by atoms with Crippen molar-refractivity contribution >= 4 is 22.6 Å². The number of pyridine rings is 1. The molecule has 1 atom stereocenters. The van der Waals surface area contributed by atoms with Crippen LogP contribution in [0.5, 0.6) is 5.75 Å². The fraction of sp³-hybridized carbons (Fsp3) is 0.310. The number of carbonyl (C=O) groups excluding carboxylic acids is 1. The Kier molecular flexibility index (Phi) is 5.75. The van der Waals surface area contributed by atoms with E-state index in [2.05, 4.69) is 65.6 Å². The van der Waals surface area contributed by atoms with Crippen molar-refractivity contribution in [2.24, 2.45) is 7.05 Å². The van der Waals surface area contributed by atoms with Crippen LogP contribution in [0.2, 0.25) is 0 Å². The van der Waals surface area contributed by atoms with Crippen molar-refractivity contribution in [1.82, 2.24) is 9.55 Å². The molecule has 1 unspecified atom stereocenters. The number of hydrogen-bond donors (Lipinski definition) is 0. The number of rotatable bonds is 7. The van der Waals surface area contributed by atoms with Gasteiger partial charge in [0.1, 0.15) is 5.75 Å². The molecule has 6 heteroatoms. The van der Waals surface area contributed by atoms with Gasteiger partial charge in [0.15, 0.2) is 11.3 Å². The maximum atomic E-state index is 13.3. The van der Waals surface area contributed by atoms with Crippen molar-refractivity contribution in [3.63, 3.8) is 0 Å². The van der Waals surface area contributed by atoms with Gasteiger partial charge in [-0.15, -0.1) is 0 Å². The Morgan fingerprint density at radius 3 is 2.54 bits per heavy atom. The van der Waals surface area contributed by atoms with Gasteiger partial charge in [-0.1, -0.05) is 24.3 Å². The summed E-state index contributed by atoms with van der Waals surface area (Å²) in [6, 6.07) is 18.2. The molecule has 2 aromatic carbocycles. The number of ether oxygens (including phenoxy) is 2. The minimum absolute atomic E-state index is 0.343. The van der Waals surface area contributed by atoms with Crippen molar-refractivity contribution in [3.05, 3.63) is 88.9 Å². The van der Waals surface area contributed by atoms with Crippen LogP contribution in [0, 0.1) is 6.92 Å². The average molecular weight is 470 g/mol. The molecule has 0 spiro atoms. The van der Waals surface area contributed by atoms with E-state index in [0.29, 0.717) is 18.1 Å². The molecule has 0 saturated carbocycles. The second-order valence-corrected chi connectivity index (χ2v) is 8.79. The van der Waals surface area contributed by atoms with Crippen LogP contribution >= 0.6 is 0 Å². The van der Waals surface area contributed by atoms with Crippen molar-refractivity contribution in [1.29, 1.82) is 0 Å². The van der Waals surface area contributed by atoms with E-state index in [1.807, 2.05) is 38.2 Å². The highest BCUT2D eigenvalue weighted by atomic mass is 16.6. The number of aryl methyl sites for hydroxylation is 1. The Morgan fingerprint density at radius 2 is 1.80 bits per heavy atom. The maximum absolute atomic E-state index is 13.3. The number of carbonyl (C=O) groups is 1. The molecule has 3 heterocycles. The Bertz CT molecular complexity index is 1420. The monoisotopic (exact) mass is 469 g/mol. The van der Waals surface area contributed by atoms with Crippen molar-refractivity contribution in [3.8, 4) is 5.75 Å². The first-order valence-electron chi connectivity index (χ1n) is 12.2. The first-order valence-corrected chi connectivity index (χ1v) is 12.2. The predicted octanol–water partition coefficient (Wildman–Crippen LogP) is 5.59. The largest absolute Gasteiger partial charge is 0.493 e. The van der Waals surface area contributed by atoms with E-state index in [1.165, 1.54) is 0 Å². The second kappa shape index (κ2) is 8.77. The first-order chi connectivity index (χ1) is 17.0. The molecular formula is C29H31N3O3. The summed E-state index contributed by atoms with van der Waals surface area (Å²) in [6.07, 6.45) is 1.64. The summed E-state index contributed by atoms with van der Waals surface area (Å²) in [6.45, 7) is 10.6. The van der Waals surface area contributed by atoms with Crippen LogP contribution in [-0.2, 0) is 17.4 Å². The summed E-state index contributed by atoms with van der Waals surface area (Å²) in [4.78, 5) is 20.0. The molecule has 6 nitrogen and oxygen atoms in total. The van der Waals surface area contributed by atoms with Crippen LogP contribution in [0.4, 0.5) is 5.69 Å². The van der Waals surface area contributed by atoms with Gasteiger partial charge in [0.05, 0.1) is 6.61 Å². The third-order valence-corrected chi connectivity index (χ3v) is 7.15. The summed E-state index contributed by atoms with van der Waals surface area (Å²) in [5.74, 6) is 0.275. The normalized spacial score (nSPS) is 16.9. The third-order valence-electron chi connectivity index (χ3n) is 7.15. The Morgan fingerprint density at radius 1 is 1.03 bits per heavy atom. The summed E-state index contributed by atoms with van der Waals surface area (Å²) < 4.78 is 14.8. The van der Waals surface area contributed by atoms with E-state index in [-0.39, 0.29) is 0 Å². The Hall–Kier alpha value is -3.80. The number of nitrogens with zero attached hydrogens (tertiary/aromatic N) is 3. The summed E-state index contributed by atoms with van der Waals surface area (Å²) in [7, 11) is 2.04. The van der Waals surface area contributed by atoms with E-state index >= 15 is 0 Å². The Balaban J connectivity index is 1.89. The summed E-state index contributed by atoms with van der Waals surface area (Å²) in [5.41, 5.74) is 4.80. The standard InChI is InChI=1S/C29H31N3O3/c1-6-32(7-2)20-15-16-22(25(18-20)34-8-3)29(23-13-11-17-30-27(23)28(33)35-29)26-19(4)31(5)24-14-10-9-12-21(24)26/h9-18H,6-8H2,1-5H3. The fourth-order valence-corrected chi connectivity index (χ4v) is 5.44. The highest BCUT2D eigenvalue weighted by molar-refractivity contribution is 5.97. The van der Waals surface area contributed by atoms with Crippen LogP contribution < -0.4 is 9.64 Å². The minimum atomic E-state index is -1.18. The van der Waals surface area contributed by atoms with Crippen molar-refractivity contribution in [2.75, 3.05) is 24.6 Å². The van der Waals surface area contributed by atoms with Crippen LogP contribution in [0.1, 0.15) is 53.6 Å². The van der Waals surface area contributed by atoms with E-state index in [1.54, 1.807) is 6.20 Å². The van der Waals surface area contributed by atoms with Gasteiger partial charge in [-0.3, -0.25) is 0 Å². The van der Waals surface area contributed by atoms with Gasteiger partial charge in [0.25, 0.3) is 0 Å². The van der Waals surface area contributed by atoms with Gasteiger partial charge in [-0.2, -0.15) is 0 Å². The second-order valence-electron chi connectivity index (χ2n) is 8.79. The molecule has 0 aliphatic carbocycles. The highest BCUT2D eigenvalue weighted by Gasteiger charge is 2.53. The molecule has 0 radical (unpaired) electrons. The maximum Gasteiger partial charge on any atom is 0.358 e. The first kappa shape index (κ1) is 23.0. The molecule has 0 fully saturated rings. The van der Waals surface area contributed by atoms with Gasteiger partial charge < -0.3 is 18.9 Å². The lowest BCUT2D eigenvalue weighted by atomic mass is 9.78. The summed E-state index contributed by atoms with van der Waals surface area (Å²) in [5, 5.41) is 1.03. The molecule has 0 N–H and O–H groups in total. The number of benzene rings is 2. The SMILES string of the molecule is CCOc1cc(N(CC)CC)ccc1C1(c2c(C)n(C)c3ccccc23)OC(=O)c2ncccc21. The third kappa shape index (κ3) is 3.31. The lowest BCUT2D eigenvalue weighted by Gasteiger charge is -2.33.